The first-order chi connectivity index (χ1) is 10.1. The summed E-state index contributed by atoms with van der Waals surface area (Å²) in [6, 6.07) is 9.14. The molecule has 3 heteroatoms. The number of nitrogens with one attached hydrogen (secondary N) is 1. The molecule has 0 aromatic heterocycles. The summed E-state index contributed by atoms with van der Waals surface area (Å²) in [6.07, 6.45) is 3.13. The third-order valence-corrected chi connectivity index (χ3v) is 4.61. The Bertz CT molecular complexity index is 416. The number of fused-ring (bicyclic) bond motifs is 1. The van der Waals surface area contributed by atoms with Gasteiger partial charge in [-0.2, -0.15) is 0 Å². The SMILES string of the molecule is CCC(CO)(CCCN1Cc2ccccc2C1)NC(C)C. The number of aliphatic hydroxyl groups is 1. The van der Waals surface area contributed by atoms with Crippen molar-refractivity contribution in [1.29, 1.82) is 0 Å². The molecule has 1 aromatic carbocycles. The van der Waals surface area contributed by atoms with Gasteiger partial charge in [0.05, 0.1) is 6.61 Å². The Balaban J connectivity index is 1.81. The second-order valence-electron chi connectivity index (χ2n) is 6.67. The van der Waals surface area contributed by atoms with Crippen molar-refractivity contribution in [2.24, 2.45) is 0 Å². The molecule has 0 aliphatic carbocycles. The fourth-order valence-corrected chi connectivity index (χ4v) is 3.40. The minimum Gasteiger partial charge on any atom is -0.394 e. The Kier molecular flexibility index (Phi) is 5.80. The van der Waals surface area contributed by atoms with E-state index in [-0.39, 0.29) is 12.1 Å². The predicted octanol–water partition coefficient (Wildman–Crippen LogP) is 2.92. The van der Waals surface area contributed by atoms with Crippen molar-refractivity contribution in [2.45, 2.75) is 64.7 Å². The fraction of sp³-hybridized carbons (Fsp3) is 0.667. The van der Waals surface area contributed by atoms with E-state index < -0.39 is 0 Å². The lowest BCUT2D eigenvalue weighted by atomic mass is 9.90. The zero-order valence-electron chi connectivity index (χ0n) is 13.7. The van der Waals surface area contributed by atoms with Crippen molar-refractivity contribution in [3.63, 3.8) is 0 Å². The monoisotopic (exact) mass is 290 g/mol. The van der Waals surface area contributed by atoms with E-state index in [1.54, 1.807) is 0 Å². The molecule has 1 aliphatic heterocycles. The molecule has 2 rings (SSSR count). The molecule has 1 unspecified atom stereocenters. The summed E-state index contributed by atoms with van der Waals surface area (Å²) < 4.78 is 0. The van der Waals surface area contributed by atoms with Crippen molar-refractivity contribution >= 4 is 0 Å². The summed E-state index contributed by atoms with van der Waals surface area (Å²) in [5, 5.41) is 13.3. The van der Waals surface area contributed by atoms with Crippen LogP contribution < -0.4 is 5.32 Å². The molecule has 0 saturated carbocycles. The molecule has 0 amide bonds. The van der Waals surface area contributed by atoms with Crippen LogP contribution in [0.1, 0.15) is 51.2 Å². The molecular weight excluding hydrogens is 260 g/mol. The molecule has 0 fully saturated rings. The molecule has 118 valence electrons. The molecule has 1 atom stereocenters. The number of hydrogen-bond acceptors (Lipinski definition) is 3. The summed E-state index contributed by atoms with van der Waals surface area (Å²) >= 11 is 0. The van der Waals surface area contributed by atoms with Crippen LogP contribution in [0.5, 0.6) is 0 Å². The van der Waals surface area contributed by atoms with Gasteiger partial charge >= 0.3 is 0 Å². The second kappa shape index (κ2) is 7.39. The van der Waals surface area contributed by atoms with E-state index in [4.69, 9.17) is 0 Å². The van der Waals surface area contributed by atoms with E-state index in [0.29, 0.717) is 6.04 Å². The van der Waals surface area contributed by atoms with Crippen molar-refractivity contribution in [1.82, 2.24) is 10.2 Å². The fourth-order valence-electron chi connectivity index (χ4n) is 3.40. The lowest BCUT2D eigenvalue weighted by Gasteiger charge is -2.35. The van der Waals surface area contributed by atoms with Crippen molar-refractivity contribution in [3.05, 3.63) is 35.4 Å². The molecule has 1 aliphatic rings. The van der Waals surface area contributed by atoms with E-state index in [0.717, 1.165) is 38.9 Å². The highest BCUT2D eigenvalue weighted by molar-refractivity contribution is 5.30. The van der Waals surface area contributed by atoms with Gasteiger partial charge < -0.3 is 10.4 Å². The predicted molar refractivity (Wildman–Crippen MR) is 88.2 cm³/mol. The normalized spacial score (nSPS) is 18.0. The van der Waals surface area contributed by atoms with Crippen LogP contribution in [-0.2, 0) is 13.1 Å². The van der Waals surface area contributed by atoms with Gasteiger partial charge in [-0.1, -0.05) is 45.0 Å². The zero-order chi connectivity index (χ0) is 15.3. The first-order valence-corrected chi connectivity index (χ1v) is 8.26. The maximum absolute atomic E-state index is 9.78. The summed E-state index contributed by atoms with van der Waals surface area (Å²) in [6.45, 7) is 9.95. The molecule has 1 heterocycles. The molecule has 0 bridgehead atoms. The van der Waals surface area contributed by atoms with Crippen LogP contribution in [0.3, 0.4) is 0 Å². The molecule has 0 radical (unpaired) electrons. The standard InChI is InChI=1S/C18H30N2O/c1-4-18(14-21,19-15(2)3)10-7-11-20-12-16-8-5-6-9-17(16)13-20/h5-6,8-9,15,19,21H,4,7,10-14H2,1-3H3. The van der Waals surface area contributed by atoms with Gasteiger partial charge in [-0.25, -0.2) is 0 Å². The third kappa shape index (κ3) is 4.29. The van der Waals surface area contributed by atoms with Crippen LogP contribution in [0.15, 0.2) is 24.3 Å². The largest absolute Gasteiger partial charge is 0.394 e. The van der Waals surface area contributed by atoms with Crippen molar-refractivity contribution in [2.75, 3.05) is 13.2 Å². The maximum atomic E-state index is 9.78. The van der Waals surface area contributed by atoms with E-state index >= 15 is 0 Å². The first kappa shape index (κ1) is 16.5. The van der Waals surface area contributed by atoms with E-state index in [2.05, 4.69) is 55.3 Å². The van der Waals surface area contributed by atoms with Gasteiger partial charge in [0.2, 0.25) is 0 Å². The molecule has 0 saturated heterocycles. The summed E-state index contributed by atoms with van der Waals surface area (Å²) in [5.74, 6) is 0. The average molecular weight is 290 g/mol. The van der Waals surface area contributed by atoms with Gasteiger partial charge in [-0.3, -0.25) is 4.90 Å². The quantitative estimate of drug-likeness (QED) is 0.773. The number of aliphatic hydroxyl groups excluding tert-OH is 1. The third-order valence-electron chi connectivity index (χ3n) is 4.61. The Morgan fingerprint density at radius 3 is 2.33 bits per heavy atom. The number of benzene rings is 1. The minimum absolute atomic E-state index is 0.110. The van der Waals surface area contributed by atoms with Crippen LogP contribution in [0.4, 0.5) is 0 Å². The van der Waals surface area contributed by atoms with E-state index in [1.807, 2.05) is 0 Å². The van der Waals surface area contributed by atoms with Gasteiger partial charge in [0.1, 0.15) is 0 Å². The highest BCUT2D eigenvalue weighted by Gasteiger charge is 2.28. The van der Waals surface area contributed by atoms with Crippen LogP contribution in [0.2, 0.25) is 0 Å². The molecule has 21 heavy (non-hydrogen) atoms. The minimum atomic E-state index is -0.110. The van der Waals surface area contributed by atoms with E-state index in [1.165, 1.54) is 11.1 Å². The summed E-state index contributed by atoms with van der Waals surface area (Å²) in [4.78, 5) is 2.51. The Hall–Kier alpha value is -0.900. The lowest BCUT2D eigenvalue weighted by Crippen LogP contribution is -2.51. The van der Waals surface area contributed by atoms with Crippen LogP contribution in [-0.4, -0.2) is 34.7 Å². The highest BCUT2D eigenvalue weighted by atomic mass is 16.3. The molecule has 3 nitrogen and oxygen atoms in total. The number of hydrogen-bond donors (Lipinski definition) is 2. The van der Waals surface area contributed by atoms with Gasteiger partial charge in [-0.15, -0.1) is 0 Å². The molecular formula is C18H30N2O. The number of nitrogens with zero attached hydrogens (tertiary/aromatic N) is 1. The topological polar surface area (TPSA) is 35.5 Å². The highest BCUT2D eigenvalue weighted by Crippen LogP contribution is 2.24. The molecule has 2 N–H and O–H groups in total. The summed E-state index contributed by atoms with van der Waals surface area (Å²) in [7, 11) is 0. The van der Waals surface area contributed by atoms with Crippen molar-refractivity contribution in [3.8, 4) is 0 Å². The van der Waals surface area contributed by atoms with Gasteiger partial charge in [0.25, 0.3) is 0 Å². The van der Waals surface area contributed by atoms with Crippen LogP contribution in [0, 0.1) is 0 Å². The lowest BCUT2D eigenvalue weighted by molar-refractivity contribution is 0.129. The molecule has 0 spiro atoms. The number of rotatable bonds is 8. The van der Waals surface area contributed by atoms with Gasteiger partial charge in [0, 0.05) is 24.7 Å². The Morgan fingerprint density at radius 2 is 1.86 bits per heavy atom. The zero-order valence-corrected chi connectivity index (χ0v) is 13.7. The Labute approximate surface area is 129 Å². The van der Waals surface area contributed by atoms with Crippen LogP contribution >= 0.6 is 0 Å². The van der Waals surface area contributed by atoms with E-state index in [9.17, 15) is 5.11 Å². The van der Waals surface area contributed by atoms with Crippen LogP contribution in [0.25, 0.3) is 0 Å². The smallest absolute Gasteiger partial charge is 0.0613 e. The molecule has 1 aromatic rings. The maximum Gasteiger partial charge on any atom is 0.0613 e. The first-order valence-electron chi connectivity index (χ1n) is 8.26. The van der Waals surface area contributed by atoms with Gasteiger partial charge in [-0.05, 0) is 36.9 Å². The van der Waals surface area contributed by atoms with Gasteiger partial charge in [0.15, 0.2) is 0 Å². The van der Waals surface area contributed by atoms with Crippen molar-refractivity contribution < 1.29 is 5.11 Å². The second-order valence-corrected chi connectivity index (χ2v) is 6.67. The summed E-state index contributed by atoms with van der Waals surface area (Å²) in [5.41, 5.74) is 2.84. The average Bonchev–Trinajstić information content (AvgIpc) is 2.88. The Morgan fingerprint density at radius 1 is 1.24 bits per heavy atom.